The monoisotopic (exact) mass is 420 g/mol. The molecule has 2 heterocycles. The largest absolute Gasteiger partial charge is 0.467 e. The van der Waals surface area contributed by atoms with Gasteiger partial charge >= 0.3 is 5.97 Å². The Morgan fingerprint density at radius 1 is 1.21 bits per heavy atom. The molecule has 2 aromatic rings. The maximum absolute atomic E-state index is 12.8. The highest BCUT2D eigenvalue weighted by Gasteiger charge is 2.31. The number of furan rings is 1. The van der Waals surface area contributed by atoms with E-state index in [1.54, 1.807) is 12.1 Å². The fraction of sp³-hybridized carbons (Fsp3) is 0.400. The van der Waals surface area contributed by atoms with Gasteiger partial charge in [-0.3, -0.25) is 4.79 Å². The van der Waals surface area contributed by atoms with Crippen LogP contribution in [0.1, 0.15) is 42.3 Å². The van der Waals surface area contributed by atoms with Crippen LogP contribution in [0, 0.1) is 0 Å². The average molecular weight is 420 g/mol. The molecule has 1 atom stereocenters. The lowest BCUT2D eigenvalue weighted by molar-refractivity contribution is -0.124. The fourth-order valence-corrected chi connectivity index (χ4v) is 4.89. The summed E-state index contributed by atoms with van der Waals surface area (Å²) in [6.45, 7) is 2.16. The van der Waals surface area contributed by atoms with E-state index in [2.05, 4.69) is 5.32 Å². The molecule has 1 fully saturated rings. The van der Waals surface area contributed by atoms with E-state index in [9.17, 15) is 18.0 Å². The number of ether oxygens (including phenoxy) is 1. The summed E-state index contributed by atoms with van der Waals surface area (Å²) in [6.07, 6.45) is 4.20. The van der Waals surface area contributed by atoms with Crippen LogP contribution in [0.3, 0.4) is 0 Å². The summed E-state index contributed by atoms with van der Waals surface area (Å²) in [6, 6.07) is 8.95. The predicted octanol–water partition coefficient (Wildman–Crippen LogP) is 2.32. The van der Waals surface area contributed by atoms with Crippen molar-refractivity contribution in [2.75, 3.05) is 13.2 Å². The molecule has 9 heteroatoms. The van der Waals surface area contributed by atoms with E-state index in [-0.39, 0.29) is 23.0 Å². The highest BCUT2D eigenvalue weighted by Crippen LogP contribution is 2.25. The highest BCUT2D eigenvalue weighted by molar-refractivity contribution is 7.89. The Balaban J connectivity index is 1.55. The van der Waals surface area contributed by atoms with Gasteiger partial charge in [0, 0.05) is 12.6 Å². The zero-order valence-corrected chi connectivity index (χ0v) is 17.0. The Morgan fingerprint density at radius 2 is 1.97 bits per heavy atom. The Kier molecular flexibility index (Phi) is 6.71. The number of nitrogens with zero attached hydrogens (tertiary/aromatic N) is 1. The highest BCUT2D eigenvalue weighted by atomic mass is 32.2. The maximum atomic E-state index is 12.8. The first-order chi connectivity index (χ1) is 13.9. The molecule has 0 aliphatic carbocycles. The number of benzene rings is 1. The molecule has 1 aromatic carbocycles. The number of sulfonamides is 1. The van der Waals surface area contributed by atoms with E-state index in [0.29, 0.717) is 12.3 Å². The second-order valence-electron chi connectivity index (χ2n) is 6.92. The molecule has 0 radical (unpaired) electrons. The third-order valence-corrected chi connectivity index (χ3v) is 6.84. The van der Waals surface area contributed by atoms with Gasteiger partial charge in [0.1, 0.15) is 5.76 Å². The second-order valence-corrected chi connectivity index (χ2v) is 8.81. The van der Waals surface area contributed by atoms with Gasteiger partial charge in [-0.2, -0.15) is 4.31 Å². The Labute approximate surface area is 169 Å². The van der Waals surface area contributed by atoms with Gasteiger partial charge in [-0.15, -0.1) is 0 Å². The van der Waals surface area contributed by atoms with Crippen molar-refractivity contribution in [2.45, 2.75) is 43.7 Å². The molecule has 29 heavy (non-hydrogen) atoms. The van der Waals surface area contributed by atoms with E-state index in [1.807, 2.05) is 6.92 Å². The molecule has 156 valence electrons. The minimum atomic E-state index is -3.60. The van der Waals surface area contributed by atoms with Crippen LogP contribution in [0.25, 0.3) is 0 Å². The van der Waals surface area contributed by atoms with Gasteiger partial charge in [0.2, 0.25) is 10.0 Å². The molecule has 1 N–H and O–H groups in total. The molecule has 1 saturated heterocycles. The van der Waals surface area contributed by atoms with Crippen LogP contribution in [-0.2, 0) is 26.1 Å². The molecular formula is C20H24N2O6S. The third-order valence-electron chi connectivity index (χ3n) is 4.81. The van der Waals surface area contributed by atoms with Crippen LogP contribution in [0.5, 0.6) is 0 Å². The van der Waals surface area contributed by atoms with Crippen molar-refractivity contribution >= 4 is 21.9 Å². The van der Waals surface area contributed by atoms with Crippen LogP contribution < -0.4 is 5.32 Å². The van der Waals surface area contributed by atoms with E-state index >= 15 is 0 Å². The van der Waals surface area contributed by atoms with E-state index in [1.165, 1.54) is 34.8 Å². The number of piperidine rings is 1. The molecule has 0 bridgehead atoms. The minimum absolute atomic E-state index is 0.0434. The first kappa shape index (κ1) is 21.1. The molecule has 8 nitrogen and oxygen atoms in total. The van der Waals surface area contributed by atoms with Crippen molar-refractivity contribution in [3.63, 3.8) is 0 Å². The zero-order valence-electron chi connectivity index (χ0n) is 16.2. The van der Waals surface area contributed by atoms with E-state index < -0.39 is 28.5 Å². The molecule has 3 rings (SSSR count). The molecule has 1 aromatic heterocycles. The van der Waals surface area contributed by atoms with Gasteiger partial charge < -0.3 is 14.5 Å². The molecule has 1 unspecified atom stereocenters. The maximum Gasteiger partial charge on any atom is 0.338 e. The number of rotatable bonds is 7. The minimum Gasteiger partial charge on any atom is -0.467 e. The molecule has 1 aliphatic heterocycles. The number of hydrogen-bond donors (Lipinski definition) is 1. The zero-order chi connectivity index (χ0) is 20.9. The van der Waals surface area contributed by atoms with Gasteiger partial charge in [0.25, 0.3) is 5.91 Å². The van der Waals surface area contributed by atoms with Crippen LogP contribution >= 0.6 is 0 Å². The van der Waals surface area contributed by atoms with E-state index in [0.717, 1.165) is 19.3 Å². The summed E-state index contributed by atoms with van der Waals surface area (Å²) < 4.78 is 37.2. The lowest BCUT2D eigenvalue weighted by atomic mass is 10.1. The topological polar surface area (TPSA) is 106 Å². The summed E-state index contributed by atoms with van der Waals surface area (Å²) in [5, 5.41) is 2.57. The third kappa shape index (κ3) is 5.24. The Hall–Kier alpha value is -2.65. The smallest absolute Gasteiger partial charge is 0.338 e. The number of nitrogens with one attached hydrogen (secondary N) is 1. The predicted molar refractivity (Wildman–Crippen MR) is 104 cm³/mol. The fourth-order valence-electron chi connectivity index (χ4n) is 3.19. The number of esters is 1. The van der Waals surface area contributed by atoms with Gasteiger partial charge in [0.05, 0.1) is 23.3 Å². The molecule has 0 spiro atoms. The van der Waals surface area contributed by atoms with Crippen LogP contribution in [0.15, 0.2) is 52.0 Å². The average Bonchev–Trinajstić information content (AvgIpc) is 3.24. The lowest BCUT2D eigenvalue weighted by Gasteiger charge is -2.32. The number of carbonyl (C=O) groups excluding carboxylic acids is 2. The SMILES string of the molecule is CC1CCCCN1S(=O)(=O)c1ccc(C(=O)OCC(=O)NCc2ccco2)cc1. The van der Waals surface area contributed by atoms with Gasteiger partial charge in [-0.1, -0.05) is 6.42 Å². The Morgan fingerprint density at radius 3 is 2.62 bits per heavy atom. The molecule has 0 saturated carbocycles. The normalized spacial score (nSPS) is 17.6. The van der Waals surface area contributed by atoms with Crippen molar-refractivity contribution < 1.29 is 27.2 Å². The molecular weight excluding hydrogens is 396 g/mol. The number of carbonyl (C=O) groups is 2. The number of hydrogen-bond acceptors (Lipinski definition) is 6. The molecule has 1 aliphatic rings. The second kappa shape index (κ2) is 9.23. The van der Waals surface area contributed by atoms with Crippen LogP contribution in [-0.4, -0.2) is 43.8 Å². The van der Waals surface area contributed by atoms with Crippen molar-refractivity contribution in [1.29, 1.82) is 0 Å². The lowest BCUT2D eigenvalue weighted by Crippen LogP contribution is -2.41. The van der Waals surface area contributed by atoms with E-state index in [4.69, 9.17) is 9.15 Å². The summed E-state index contributed by atoms with van der Waals surface area (Å²) in [4.78, 5) is 24.0. The molecule has 1 amide bonds. The summed E-state index contributed by atoms with van der Waals surface area (Å²) in [5.41, 5.74) is 0.175. The first-order valence-electron chi connectivity index (χ1n) is 9.46. The van der Waals surface area contributed by atoms with Gasteiger partial charge in [-0.25, -0.2) is 13.2 Å². The quantitative estimate of drug-likeness (QED) is 0.689. The van der Waals surface area contributed by atoms with Crippen LogP contribution in [0.4, 0.5) is 0 Å². The standard InChI is InChI=1S/C20H24N2O6S/c1-15-5-2-3-11-22(15)29(25,26)18-9-7-16(8-10-18)20(24)28-14-19(23)21-13-17-6-4-12-27-17/h4,6-10,12,15H,2-3,5,11,13-14H2,1H3,(H,21,23). The first-order valence-corrected chi connectivity index (χ1v) is 10.9. The summed E-state index contributed by atoms with van der Waals surface area (Å²) in [5.74, 6) is -0.578. The van der Waals surface area contributed by atoms with Crippen molar-refractivity contribution in [3.8, 4) is 0 Å². The Bertz CT molecular complexity index is 938. The summed E-state index contributed by atoms with van der Waals surface area (Å²) >= 11 is 0. The van der Waals surface area contributed by atoms with Gasteiger partial charge in [-0.05, 0) is 56.2 Å². The van der Waals surface area contributed by atoms with Gasteiger partial charge in [0.15, 0.2) is 6.61 Å². The number of amides is 1. The van der Waals surface area contributed by atoms with Crippen molar-refractivity contribution in [2.24, 2.45) is 0 Å². The summed E-state index contributed by atoms with van der Waals surface area (Å²) in [7, 11) is -3.60. The van der Waals surface area contributed by atoms with Crippen LogP contribution in [0.2, 0.25) is 0 Å². The van der Waals surface area contributed by atoms with Crippen molar-refractivity contribution in [3.05, 3.63) is 54.0 Å². The van der Waals surface area contributed by atoms with Crippen molar-refractivity contribution in [1.82, 2.24) is 9.62 Å².